The lowest BCUT2D eigenvalue weighted by molar-refractivity contribution is -0.116. The second-order valence-electron chi connectivity index (χ2n) is 6.47. The van der Waals surface area contributed by atoms with E-state index < -0.39 is 17.2 Å². The van der Waals surface area contributed by atoms with Gasteiger partial charge in [0.2, 0.25) is 5.91 Å². The minimum Gasteiger partial charge on any atom is -0.497 e. The van der Waals surface area contributed by atoms with Crippen molar-refractivity contribution in [2.45, 2.75) is 25.4 Å². The lowest BCUT2D eigenvalue weighted by Gasteiger charge is -2.12. The molecule has 1 saturated carbocycles. The highest BCUT2D eigenvalue weighted by Gasteiger charge is 2.29. The summed E-state index contributed by atoms with van der Waals surface area (Å²) in [5, 5.41) is 4.35. The van der Waals surface area contributed by atoms with Gasteiger partial charge in [0.15, 0.2) is 5.52 Å². The average Bonchev–Trinajstić information content (AvgIpc) is 3.39. The van der Waals surface area contributed by atoms with Gasteiger partial charge in [0.05, 0.1) is 19.7 Å². The van der Waals surface area contributed by atoms with Crippen molar-refractivity contribution in [1.29, 1.82) is 0 Å². The third kappa shape index (κ3) is 3.26. The zero-order valence-electron chi connectivity index (χ0n) is 15.3. The van der Waals surface area contributed by atoms with Gasteiger partial charge in [-0.25, -0.2) is 4.79 Å². The average molecular weight is 402 g/mol. The van der Waals surface area contributed by atoms with Crippen molar-refractivity contribution in [2.24, 2.45) is 0 Å². The van der Waals surface area contributed by atoms with Gasteiger partial charge in [-0.2, -0.15) is 4.37 Å². The normalized spacial score (nSPS) is 13.5. The summed E-state index contributed by atoms with van der Waals surface area (Å²) < 4.78 is 17.0. The van der Waals surface area contributed by atoms with Crippen molar-refractivity contribution < 1.29 is 14.3 Å². The Morgan fingerprint density at radius 3 is 2.50 bits per heavy atom. The Kier molecular flexibility index (Phi) is 4.63. The molecule has 1 aromatic carbocycles. The van der Waals surface area contributed by atoms with E-state index in [2.05, 4.69) is 9.69 Å². The zero-order valence-corrected chi connectivity index (χ0v) is 16.1. The maximum absolute atomic E-state index is 12.9. The van der Waals surface area contributed by atoms with Crippen LogP contribution in [0.15, 0.2) is 33.2 Å². The highest BCUT2D eigenvalue weighted by Crippen LogP contribution is 2.32. The van der Waals surface area contributed by atoms with Crippen LogP contribution in [-0.4, -0.2) is 33.6 Å². The smallest absolute Gasteiger partial charge is 0.332 e. The van der Waals surface area contributed by atoms with Crippen molar-refractivity contribution in [1.82, 2.24) is 13.5 Å². The highest BCUT2D eigenvalue weighted by molar-refractivity contribution is 7.04. The molecule has 9 nitrogen and oxygen atoms in total. The molecule has 0 spiro atoms. The molecule has 0 unspecified atom stereocenters. The van der Waals surface area contributed by atoms with E-state index in [1.165, 1.54) is 23.4 Å². The van der Waals surface area contributed by atoms with E-state index in [1.54, 1.807) is 23.6 Å². The van der Waals surface area contributed by atoms with E-state index >= 15 is 0 Å². The van der Waals surface area contributed by atoms with Crippen LogP contribution in [0, 0.1) is 0 Å². The van der Waals surface area contributed by atoms with Gasteiger partial charge >= 0.3 is 5.69 Å². The van der Waals surface area contributed by atoms with E-state index in [4.69, 9.17) is 9.47 Å². The number of ether oxygens (including phenoxy) is 2. The fourth-order valence-corrected chi connectivity index (χ4v) is 3.71. The summed E-state index contributed by atoms with van der Waals surface area (Å²) in [6.07, 6.45) is 1.56. The molecule has 0 bridgehead atoms. The van der Waals surface area contributed by atoms with Crippen LogP contribution in [0.5, 0.6) is 11.5 Å². The molecule has 1 N–H and O–H groups in total. The molecule has 1 fully saturated rings. The van der Waals surface area contributed by atoms with Gasteiger partial charge in [-0.15, -0.1) is 0 Å². The van der Waals surface area contributed by atoms with Crippen LogP contribution >= 0.6 is 11.5 Å². The van der Waals surface area contributed by atoms with Gasteiger partial charge in [0.25, 0.3) is 5.56 Å². The van der Waals surface area contributed by atoms with E-state index in [0.29, 0.717) is 22.7 Å². The number of benzene rings is 1. The molecule has 1 aliphatic rings. The lowest BCUT2D eigenvalue weighted by Crippen LogP contribution is -2.41. The maximum Gasteiger partial charge on any atom is 0.332 e. The molecule has 146 valence electrons. The van der Waals surface area contributed by atoms with Gasteiger partial charge in [-0.1, -0.05) is 0 Å². The number of rotatable bonds is 6. The zero-order chi connectivity index (χ0) is 19.8. The van der Waals surface area contributed by atoms with E-state index in [-0.39, 0.29) is 18.1 Å². The molecule has 0 radical (unpaired) electrons. The number of nitrogens with zero attached hydrogens (tertiary/aromatic N) is 3. The van der Waals surface area contributed by atoms with E-state index in [9.17, 15) is 14.4 Å². The van der Waals surface area contributed by atoms with Crippen LogP contribution in [-0.2, 0) is 11.3 Å². The van der Waals surface area contributed by atoms with Crippen LogP contribution < -0.4 is 26.0 Å². The first-order valence-corrected chi connectivity index (χ1v) is 9.48. The maximum atomic E-state index is 12.9. The number of aromatic nitrogens is 3. The summed E-state index contributed by atoms with van der Waals surface area (Å²) in [6.45, 7) is -0.236. The molecule has 1 aliphatic carbocycles. The van der Waals surface area contributed by atoms with Crippen LogP contribution in [0.1, 0.15) is 18.9 Å². The quantitative estimate of drug-likeness (QED) is 0.672. The van der Waals surface area contributed by atoms with Gasteiger partial charge in [0.1, 0.15) is 18.0 Å². The molecule has 28 heavy (non-hydrogen) atoms. The third-order valence-electron chi connectivity index (χ3n) is 4.55. The van der Waals surface area contributed by atoms with Crippen molar-refractivity contribution in [3.05, 3.63) is 44.4 Å². The second kappa shape index (κ2) is 7.12. The summed E-state index contributed by atoms with van der Waals surface area (Å²) in [5.41, 5.74) is 0.184. The molecular weight excluding hydrogens is 384 g/mol. The summed E-state index contributed by atoms with van der Waals surface area (Å²) in [7, 11) is 3.03. The molecule has 1 amide bonds. The number of carbonyl (C=O) groups excluding carboxylic acids is 1. The van der Waals surface area contributed by atoms with Crippen LogP contribution in [0.25, 0.3) is 11.0 Å². The van der Waals surface area contributed by atoms with Gasteiger partial charge in [0, 0.05) is 35.3 Å². The van der Waals surface area contributed by atoms with Crippen molar-refractivity contribution >= 4 is 34.2 Å². The van der Waals surface area contributed by atoms with E-state index in [0.717, 1.165) is 24.4 Å². The number of hydrogen-bond donors (Lipinski definition) is 1. The van der Waals surface area contributed by atoms with Gasteiger partial charge in [-0.05, 0) is 24.4 Å². The van der Waals surface area contributed by atoms with Gasteiger partial charge in [-0.3, -0.25) is 18.7 Å². The molecule has 2 heterocycles. The fourth-order valence-electron chi connectivity index (χ4n) is 3.04. The van der Waals surface area contributed by atoms with Crippen molar-refractivity contribution in [2.75, 3.05) is 19.5 Å². The molecule has 4 rings (SSSR count). The standard InChI is InChI=1S/C18H18N4O5S/c1-26-12-5-10(6-13(7-12)27-2)19-15(23)8-21-14-9-28-20-16(14)17(24)22(18(21)25)11-3-4-11/h5-7,9,11H,3-4,8H2,1-2H3,(H,19,23). The van der Waals surface area contributed by atoms with Crippen LogP contribution in [0.2, 0.25) is 0 Å². The van der Waals surface area contributed by atoms with Crippen LogP contribution in [0.3, 0.4) is 0 Å². The SMILES string of the molecule is COc1cc(NC(=O)Cn2c(=O)n(C3CC3)c(=O)c3nscc32)cc(OC)c1. The predicted molar refractivity (Wildman–Crippen MR) is 105 cm³/mol. The Bertz CT molecular complexity index is 1150. The van der Waals surface area contributed by atoms with Crippen molar-refractivity contribution in [3.63, 3.8) is 0 Å². The predicted octanol–water partition coefficient (Wildman–Crippen LogP) is 1.61. The largest absolute Gasteiger partial charge is 0.497 e. The molecular formula is C18H18N4O5S. The first-order valence-electron chi connectivity index (χ1n) is 8.64. The molecule has 2 aromatic heterocycles. The number of nitrogens with one attached hydrogen (secondary N) is 1. The van der Waals surface area contributed by atoms with Crippen molar-refractivity contribution in [3.8, 4) is 11.5 Å². The summed E-state index contributed by atoms with van der Waals surface area (Å²) in [5.74, 6) is 0.642. The Morgan fingerprint density at radius 1 is 1.21 bits per heavy atom. The fraction of sp³-hybridized carbons (Fsp3) is 0.333. The molecule has 10 heteroatoms. The number of hydrogen-bond acceptors (Lipinski definition) is 7. The Balaban J connectivity index is 1.67. The summed E-state index contributed by atoms with van der Waals surface area (Å²) in [4.78, 5) is 38.0. The topological polar surface area (TPSA) is 104 Å². The highest BCUT2D eigenvalue weighted by atomic mass is 32.1. The first-order chi connectivity index (χ1) is 13.5. The molecule has 0 atom stereocenters. The third-order valence-corrected chi connectivity index (χ3v) is 5.17. The second-order valence-corrected chi connectivity index (χ2v) is 7.10. The Morgan fingerprint density at radius 2 is 1.89 bits per heavy atom. The monoisotopic (exact) mass is 402 g/mol. The molecule has 3 aromatic rings. The lowest BCUT2D eigenvalue weighted by atomic mass is 10.2. The van der Waals surface area contributed by atoms with E-state index in [1.807, 2.05) is 0 Å². The molecule has 0 saturated heterocycles. The van der Waals surface area contributed by atoms with Crippen LogP contribution in [0.4, 0.5) is 5.69 Å². The number of fused-ring (bicyclic) bond motifs is 1. The Hall–Kier alpha value is -3.14. The minimum absolute atomic E-state index is 0.108. The molecule has 0 aliphatic heterocycles. The number of methoxy groups -OCH3 is 2. The first kappa shape index (κ1) is 18.2. The van der Waals surface area contributed by atoms with Gasteiger partial charge < -0.3 is 14.8 Å². The summed E-state index contributed by atoms with van der Waals surface area (Å²) in [6, 6.07) is 4.88. The minimum atomic E-state index is -0.487. The Labute approximate surface area is 163 Å². The number of carbonyl (C=O) groups is 1. The summed E-state index contributed by atoms with van der Waals surface area (Å²) >= 11 is 1.08. The number of amides is 1. The number of anilines is 1.